The highest BCUT2D eigenvalue weighted by Gasteiger charge is 2.58. The van der Waals surface area contributed by atoms with Crippen molar-refractivity contribution < 1.29 is 34.0 Å². The molecule has 0 amide bonds. The molecule has 148 valence electrons. The lowest BCUT2D eigenvalue weighted by Gasteiger charge is -2.41. The van der Waals surface area contributed by atoms with Crippen LogP contribution in [0.3, 0.4) is 0 Å². The van der Waals surface area contributed by atoms with Crippen LogP contribution in [0, 0.1) is 0 Å². The Morgan fingerprint density at radius 1 is 0.714 bits per heavy atom. The minimum atomic E-state index is -1.29. The van der Waals surface area contributed by atoms with Crippen molar-refractivity contribution in [1.82, 2.24) is 0 Å². The zero-order valence-electron chi connectivity index (χ0n) is 15.1. The molecular weight excluding hydrogens is 364 g/mol. The van der Waals surface area contributed by atoms with Gasteiger partial charge in [0.05, 0.1) is 13.2 Å². The van der Waals surface area contributed by atoms with Gasteiger partial charge in [-0.05, 0) is 11.1 Å². The summed E-state index contributed by atoms with van der Waals surface area (Å²) < 4.78 is 22.1. The summed E-state index contributed by atoms with van der Waals surface area (Å²) in [5.41, 5.74) is 1.79. The van der Waals surface area contributed by atoms with Crippen LogP contribution in [0.1, 0.15) is 11.1 Å². The molecule has 1 aliphatic carbocycles. The molecule has 0 aromatic heterocycles. The Bertz CT molecular complexity index is 716. The van der Waals surface area contributed by atoms with Crippen molar-refractivity contribution >= 4 is 6.16 Å². The second-order valence-corrected chi connectivity index (χ2v) is 6.92. The smallest absolute Gasteiger partial charge is 0.424 e. The number of hydrogen-bond acceptors (Lipinski definition) is 7. The van der Waals surface area contributed by atoms with E-state index in [1.54, 1.807) is 0 Å². The topological polar surface area (TPSA) is 94.5 Å². The van der Waals surface area contributed by atoms with Crippen LogP contribution in [-0.4, -0.2) is 53.0 Å². The van der Waals surface area contributed by atoms with Gasteiger partial charge >= 0.3 is 6.16 Å². The van der Waals surface area contributed by atoms with Crippen LogP contribution < -0.4 is 0 Å². The quantitative estimate of drug-likeness (QED) is 0.731. The molecule has 7 nitrogen and oxygen atoms in total. The van der Waals surface area contributed by atoms with Crippen LogP contribution in [0.2, 0.25) is 0 Å². The number of benzene rings is 2. The third-order valence-corrected chi connectivity index (χ3v) is 5.03. The molecule has 1 aliphatic heterocycles. The van der Waals surface area contributed by atoms with E-state index in [0.717, 1.165) is 11.1 Å². The molecule has 1 heterocycles. The van der Waals surface area contributed by atoms with E-state index >= 15 is 0 Å². The monoisotopic (exact) mass is 386 g/mol. The number of aliphatic hydroxyl groups is 2. The van der Waals surface area contributed by atoms with Crippen LogP contribution >= 0.6 is 0 Å². The van der Waals surface area contributed by atoms with E-state index in [9.17, 15) is 15.0 Å². The van der Waals surface area contributed by atoms with Crippen molar-refractivity contribution in [2.24, 2.45) is 0 Å². The van der Waals surface area contributed by atoms with Gasteiger partial charge < -0.3 is 29.2 Å². The fraction of sp³-hybridized carbons (Fsp3) is 0.381. The highest BCUT2D eigenvalue weighted by Crippen LogP contribution is 2.35. The molecular formula is C21H22O7. The number of fused-ring (bicyclic) bond motifs is 1. The molecule has 0 spiro atoms. The first-order valence-electron chi connectivity index (χ1n) is 9.18. The van der Waals surface area contributed by atoms with Crippen LogP contribution in [0.15, 0.2) is 60.7 Å². The van der Waals surface area contributed by atoms with Crippen molar-refractivity contribution in [1.29, 1.82) is 0 Å². The van der Waals surface area contributed by atoms with E-state index in [1.807, 2.05) is 60.7 Å². The standard InChI is InChI=1S/C21H22O7/c22-15-16(23)18(26-12-14-9-5-2-6-10-14)20-19(27-21(24)28-20)17(15)25-11-13-7-3-1-4-8-13/h1-10,15-20,22-23H,11-12H2/t15-,16-,17+,18+,19-,20+/m1/s1. The maximum Gasteiger partial charge on any atom is 0.509 e. The van der Waals surface area contributed by atoms with Crippen LogP contribution in [0.25, 0.3) is 0 Å². The molecule has 0 radical (unpaired) electrons. The van der Waals surface area contributed by atoms with E-state index in [4.69, 9.17) is 18.9 Å². The fourth-order valence-corrected chi connectivity index (χ4v) is 3.59. The van der Waals surface area contributed by atoms with Gasteiger partial charge in [0.2, 0.25) is 0 Å². The van der Waals surface area contributed by atoms with Crippen LogP contribution in [0.5, 0.6) is 0 Å². The van der Waals surface area contributed by atoms with Gasteiger partial charge in [-0.15, -0.1) is 0 Å². The Balaban J connectivity index is 1.47. The molecule has 2 N–H and O–H groups in total. The predicted octanol–water partition coefficient (Wildman–Crippen LogP) is 1.80. The summed E-state index contributed by atoms with van der Waals surface area (Å²) in [6.07, 6.45) is -7.03. The van der Waals surface area contributed by atoms with Crippen molar-refractivity contribution in [2.75, 3.05) is 0 Å². The summed E-state index contributed by atoms with van der Waals surface area (Å²) in [5, 5.41) is 21.2. The van der Waals surface area contributed by atoms with Crippen LogP contribution in [0.4, 0.5) is 4.79 Å². The normalized spacial score (nSPS) is 31.7. The van der Waals surface area contributed by atoms with Crippen molar-refractivity contribution in [3.63, 3.8) is 0 Å². The summed E-state index contributed by atoms with van der Waals surface area (Å²) in [4.78, 5) is 11.7. The average molecular weight is 386 g/mol. The molecule has 2 aromatic rings. The van der Waals surface area contributed by atoms with Gasteiger partial charge in [-0.1, -0.05) is 60.7 Å². The molecule has 2 fully saturated rings. The van der Waals surface area contributed by atoms with Gasteiger partial charge in [0.1, 0.15) is 24.4 Å². The second kappa shape index (κ2) is 8.28. The van der Waals surface area contributed by atoms with E-state index in [1.165, 1.54) is 0 Å². The van der Waals surface area contributed by atoms with Gasteiger partial charge in [0.15, 0.2) is 12.2 Å². The summed E-state index contributed by atoms with van der Waals surface area (Å²) in [6, 6.07) is 18.8. The largest absolute Gasteiger partial charge is 0.509 e. The number of carbonyl (C=O) groups is 1. The van der Waals surface area contributed by atoms with Gasteiger partial charge in [-0.25, -0.2) is 4.79 Å². The lowest BCUT2D eigenvalue weighted by molar-refractivity contribution is -0.223. The lowest BCUT2D eigenvalue weighted by atomic mass is 9.84. The number of aliphatic hydroxyl groups excluding tert-OH is 2. The summed E-state index contributed by atoms with van der Waals surface area (Å²) >= 11 is 0. The van der Waals surface area contributed by atoms with Gasteiger partial charge in [0.25, 0.3) is 0 Å². The highest BCUT2D eigenvalue weighted by molar-refractivity contribution is 5.63. The molecule has 6 atom stereocenters. The van der Waals surface area contributed by atoms with Crippen molar-refractivity contribution in [2.45, 2.75) is 49.8 Å². The highest BCUT2D eigenvalue weighted by atomic mass is 16.8. The number of carbonyl (C=O) groups excluding carboxylic acids is 1. The zero-order valence-corrected chi connectivity index (χ0v) is 15.1. The van der Waals surface area contributed by atoms with Crippen LogP contribution in [-0.2, 0) is 32.2 Å². The van der Waals surface area contributed by atoms with E-state index < -0.39 is 42.8 Å². The third kappa shape index (κ3) is 3.88. The lowest BCUT2D eigenvalue weighted by Crippen LogP contribution is -2.63. The summed E-state index contributed by atoms with van der Waals surface area (Å²) in [7, 11) is 0. The first-order valence-corrected chi connectivity index (χ1v) is 9.18. The Hall–Kier alpha value is -2.45. The molecule has 0 unspecified atom stereocenters. The summed E-state index contributed by atoms with van der Waals surface area (Å²) in [5.74, 6) is 0. The van der Waals surface area contributed by atoms with Gasteiger partial charge in [-0.3, -0.25) is 0 Å². The first kappa shape index (κ1) is 18.9. The summed E-state index contributed by atoms with van der Waals surface area (Å²) in [6.45, 7) is 0.400. The number of rotatable bonds is 6. The fourth-order valence-electron chi connectivity index (χ4n) is 3.59. The Labute approximate surface area is 162 Å². The Morgan fingerprint density at radius 3 is 1.50 bits per heavy atom. The molecule has 0 bridgehead atoms. The van der Waals surface area contributed by atoms with Crippen molar-refractivity contribution in [3.05, 3.63) is 71.8 Å². The van der Waals surface area contributed by atoms with Gasteiger partial charge in [-0.2, -0.15) is 0 Å². The second-order valence-electron chi connectivity index (χ2n) is 6.92. The molecule has 1 saturated heterocycles. The van der Waals surface area contributed by atoms with E-state index in [0.29, 0.717) is 0 Å². The molecule has 2 aromatic carbocycles. The Morgan fingerprint density at radius 2 is 1.11 bits per heavy atom. The minimum Gasteiger partial charge on any atom is -0.424 e. The SMILES string of the molecule is O=C1O[C@@H]2[C@H](O1)[C@@H](OCc1ccccc1)[C@H](O)[C@@H](O)[C@@H]2OCc1ccccc1. The van der Waals surface area contributed by atoms with Gasteiger partial charge in [0, 0.05) is 0 Å². The zero-order chi connectivity index (χ0) is 19.5. The average Bonchev–Trinajstić information content (AvgIpc) is 3.10. The molecule has 1 saturated carbocycles. The van der Waals surface area contributed by atoms with Crippen molar-refractivity contribution in [3.8, 4) is 0 Å². The first-order chi connectivity index (χ1) is 13.6. The maximum atomic E-state index is 11.7. The predicted molar refractivity (Wildman–Crippen MR) is 97.2 cm³/mol. The third-order valence-electron chi connectivity index (χ3n) is 5.03. The Kier molecular flexibility index (Phi) is 5.59. The van der Waals surface area contributed by atoms with E-state index in [-0.39, 0.29) is 13.2 Å². The minimum absolute atomic E-state index is 0.200. The van der Waals surface area contributed by atoms with E-state index in [2.05, 4.69) is 0 Å². The number of hydrogen-bond donors (Lipinski definition) is 2. The molecule has 4 rings (SSSR count). The molecule has 7 heteroatoms. The molecule has 2 aliphatic rings. The maximum absolute atomic E-state index is 11.7. The molecule has 28 heavy (non-hydrogen) atoms. The number of ether oxygens (including phenoxy) is 4.